The first-order valence-electron chi connectivity index (χ1n) is 10.8. The Hall–Kier alpha value is -1.83. The lowest BCUT2D eigenvalue weighted by atomic mass is 9.60. The van der Waals surface area contributed by atoms with Crippen LogP contribution in [0.1, 0.15) is 69.9 Å². The zero-order valence-corrected chi connectivity index (χ0v) is 16.9. The molecule has 27 heavy (non-hydrogen) atoms. The maximum Gasteiger partial charge on any atom is 0.314 e. The van der Waals surface area contributed by atoms with E-state index in [1.54, 1.807) is 0 Å². The summed E-state index contributed by atoms with van der Waals surface area (Å²) >= 11 is 0. The third kappa shape index (κ3) is 4.20. The molecule has 2 aliphatic carbocycles. The van der Waals surface area contributed by atoms with E-state index in [9.17, 15) is 9.90 Å². The third-order valence-corrected chi connectivity index (χ3v) is 6.67. The highest BCUT2D eigenvalue weighted by Crippen LogP contribution is 2.48. The van der Waals surface area contributed by atoms with Crippen molar-refractivity contribution in [3.63, 3.8) is 0 Å². The summed E-state index contributed by atoms with van der Waals surface area (Å²) in [6, 6.07) is 8.81. The topological polar surface area (TPSA) is 37.3 Å². The maximum atomic E-state index is 11.5. The van der Waals surface area contributed by atoms with E-state index >= 15 is 0 Å². The predicted molar refractivity (Wildman–Crippen MR) is 112 cm³/mol. The highest BCUT2D eigenvalue weighted by Gasteiger charge is 2.41. The number of aliphatic carboxylic acids is 1. The van der Waals surface area contributed by atoms with Crippen molar-refractivity contribution in [3.8, 4) is 0 Å². The molecule has 2 nitrogen and oxygen atoms in total. The first-order valence-corrected chi connectivity index (χ1v) is 10.8. The van der Waals surface area contributed by atoms with Gasteiger partial charge in [-0.2, -0.15) is 0 Å². The number of hydrogen-bond acceptors (Lipinski definition) is 1. The predicted octanol–water partition coefficient (Wildman–Crippen LogP) is 6.31. The van der Waals surface area contributed by atoms with Gasteiger partial charge in [0.05, 0.1) is 5.92 Å². The molecular weight excluding hydrogens is 332 g/mol. The molecule has 0 radical (unpaired) electrons. The van der Waals surface area contributed by atoms with Crippen LogP contribution in [0.25, 0.3) is 0 Å². The second kappa shape index (κ2) is 8.91. The summed E-state index contributed by atoms with van der Waals surface area (Å²) in [6.45, 7) is 4.51. The highest BCUT2D eigenvalue weighted by molar-refractivity contribution is 5.75. The summed E-state index contributed by atoms with van der Waals surface area (Å²) in [5.74, 6) is 0.181. The molecule has 1 N–H and O–H groups in total. The van der Waals surface area contributed by atoms with Crippen molar-refractivity contribution in [1.29, 1.82) is 0 Å². The molecule has 2 heteroatoms. The summed E-state index contributed by atoms with van der Waals surface area (Å²) in [4.78, 5) is 11.5. The van der Waals surface area contributed by atoms with Crippen molar-refractivity contribution in [2.75, 3.05) is 0 Å². The smallest absolute Gasteiger partial charge is 0.314 e. The molecule has 0 atom stereocenters. The first kappa shape index (κ1) is 19.9. The molecule has 0 heterocycles. The minimum Gasteiger partial charge on any atom is -0.481 e. The summed E-state index contributed by atoms with van der Waals surface area (Å²) in [6.07, 6.45) is 18.2. The van der Waals surface area contributed by atoms with Gasteiger partial charge in [0, 0.05) is 5.41 Å². The fourth-order valence-electron chi connectivity index (χ4n) is 5.25. The number of carboxylic acids is 1. The minimum atomic E-state index is -0.760. The number of carbonyl (C=O) groups is 1. The molecule has 146 valence electrons. The maximum absolute atomic E-state index is 11.5. The normalized spacial score (nSPS) is 30.4. The van der Waals surface area contributed by atoms with Crippen LogP contribution in [0.5, 0.6) is 0 Å². The van der Waals surface area contributed by atoms with Crippen LogP contribution in [0.2, 0.25) is 0 Å². The highest BCUT2D eigenvalue weighted by atomic mass is 16.4. The lowest BCUT2D eigenvalue weighted by Crippen LogP contribution is -2.37. The lowest BCUT2D eigenvalue weighted by molar-refractivity contribution is -0.138. The van der Waals surface area contributed by atoms with Gasteiger partial charge in [-0.15, -0.1) is 0 Å². The van der Waals surface area contributed by atoms with Gasteiger partial charge in [-0.3, -0.25) is 4.79 Å². The molecule has 0 aromatic heterocycles. The van der Waals surface area contributed by atoms with Gasteiger partial charge in [0.15, 0.2) is 0 Å². The Morgan fingerprint density at radius 2 is 1.70 bits per heavy atom. The number of rotatable bonds is 7. The van der Waals surface area contributed by atoms with Crippen molar-refractivity contribution in [2.45, 2.75) is 70.6 Å². The van der Waals surface area contributed by atoms with Crippen molar-refractivity contribution >= 4 is 5.97 Å². The second-order valence-corrected chi connectivity index (χ2v) is 8.43. The van der Waals surface area contributed by atoms with Crippen LogP contribution >= 0.6 is 0 Å². The van der Waals surface area contributed by atoms with Crippen molar-refractivity contribution in [2.24, 2.45) is 17.8 Å². The van der Waals surface area contributed by atoms with Gasteiger partial charge in [0.1, 0.15) is 0 Å². The van der Waals surface area contributed by atoms with Gasteiger partial charge in [-0.25, -0.2) is 0 Å². The molecule has 0 bridgehead atoms. The fraction of sp³-hybridized carbons (Fsp3) is 0.560. The SMILES string of the molecule is CCCc1ccccc1C1(C2CCC(CCC)CC2)C=CC(C(=O)O)C=C1. The van der Waals surface area contributed by atoms with Crippen molar-refractivity contribution in [1.82, 2.24) is 0 Å². The van der Waals surface area contributed by atoms with Gasteiger partial charge in [-0.05, 0) is 42.2 Å². The molecular formula is C25H34O2. The molecule has 0 saturated heterocycles. The van der Waals surface area contributed by atoms with E-state index in [0.29, 0.717) is 5.92 Å². The fourth-order valence-corrected chi connectivity index (χ4v) is 5.25. The van der Waals surface area contributed by atoms with Gasteiger partial charge in [0.25, 0.3) is 0 Å². The number of benzene rings is 1. The third-order valence-electron chi connectivity index (χ3n) is 6.67. The monoisotopic (exact) mass is 366 g/mol. The Balaban J connectivity index is 1.96. The molecule has 2 aliphatic rings. The Labute approximate surface area is 164 Å². The largest absolute Gasteiger partial charge is 0.481 e. The van der Waals surface area contributed by atoms with Gasteiger partial charge in [0.2, 0.25) is 0 Å². The molecule has 0 unspecified atom stereocenters. The molecule has 1 aromatic carbocycles. The number of aryl methyl sites for hydroxylation is 1. The Bertz CT molecular complexity index is 678. The Kier molecular flexibility index (Phi) is 6.57. The van der Waals surface area contributed by atoms with E-state index in [0.717, 1.165) is 18.8 Å². The average Bonchev–Trinajstić information content (AvgIpc) is 2.69. The number of hydrogen-bond donors (Lipinski definition) is 1. The van der Waals surface area contributed by atoms with Crippen LogP contribution < -0.4 is 0 Å². The summed E-state index contributed by atoms with van der Waals surface area (Å²) in [7, 11) is 0. The van der Waals surface area contributed by atoms with Crippen LogP contribution in [0.4, 0.5) is 0 Å². The molecule has 1 saturated carbocycles. The molecule has 0 spiro atoms. The van der Waals surface area contributed by atoms with E-state index in [4.69, 9.17) is 0 Å². The van der Waals surface area contributed by atoms with Crippen LogP contribution in [0.15, 0.2) is 48.6 Å². The second-order valence-electron chi connectivity index (χ2n) is 8.43. The van der Waals surface area contributed by atoms with E-state index in [2.05, 4.69) is 50.3 Å². The van der Waals surface area contributed by atoms with Crippen molar-refractivity contribution < 1.29 is 9.90 Å². The molecule has 1 aromatic rings. The van der Waals surface area contributed by atoms with Gasteiger partial charge < -0.3 is 5.11 Å². The number of carboxylic acid groups (broad SMARTS) is 1. The molecule has 3 rings (SSSR count). The molecule has 0 amide bonds. The van der Waals surface area contributed by atoms with E-state index < -0.39 is 11.9 Å². The van der Waals surface area contributed by atoms with Crippen LogP contribution in [0.3, 0.4) is 0 Å². The summed E-state index contributed by atoms with van der Waals surface area (Å²) < 4.78 is 0. The van der Waals surface area contributed by atoms with Crippen molar-refractivity contribution in [3.05, 3.63) is 59.7 Å². The number of allylic oxidation sites excluding steroid dienone is 2. The molecule has 1 fully saturated rings. The Morgan fingerprint density at radius 3 is 2.30 bits per heavy atom. The van der Waals surface area contributed by atoms with E-state index in [1.165, 1.54) is 49.7 Å². The lowest BCUT2D eigenvalue weighted by Gasteiger charge is -2.43. The average molecular weight is 367 g/mol. The first-order chi connectivity index (χ1) is 13.1. The zero-order chi connectivity index (χ0) is 19.3. The van der Waals surface area contributed by atoms with Gasteiger partial charge in [-0.1, -0.05) is 94.5 Å². The van der Waals surface area contributed by atoms with Crippen LogP contribution in [0, 0.1) is 17.8 Å². The Morgan fingerprint density at radius 1 is 1.04 bits per heavy atom. The van der Waals surface area contributed by atoms with E-state index in [1.807, 2.05) is 12.2 Å². The van der Waals surface area contributed by atoms with E-state index in [-0.39, 0.29) is 5.41 Å². The van der Waals surface area contributed by atoms with Crippen LogP contribution in [-0.2, 0) is 16.6 Å². The van der Waals surface area contributed by atoms with Crippen LogP contribution in [-0.4, -0.2) is 11.1 Å². The standard InChI is InChI=1S/C25H34O2/c1-3-7-19-11-13-22(14-12-19)25(17-15-21(16-18-25)24(26)27)23-10-6-5-9-20(23)8-4-2/h5-6,9-10,15-19,21-22H,3-4,7-8,11-14H2,1-2H3,(H,26,27). The zero-order valence-electron chi connectivity index (χ0n) is 16.9. The molecule has 0 aliphatic heterocycles. The summed E-state index contributed by atoms with van der Waals surface area (Å²) in [5.41, 5.74) is 2.66. The summed E-state index contributed by atoms with van der Waals surface area (Å²) in [5, 5.41) is 9.42. The van der Waals surface area contributed by atoms with Gasteiger partial charge >= 0.3 is 5.97 Å². The minimum absolute atomic E-state index is 0.144. The quantitative estimate of drug-likeness (QED) is 0.574.